The van der Waals surface area contributed by atoms with Crippen molar-refractivity contribution in [3.63, 3.8) is 0 Å². The number of rotatable bonds is 6. The number of sulfonamides is 1. The fourth-order valence-electron chi connectivity index (χ4n) is 2.36. The highest BCUT2D eigenvalue weighted by atomic mass is 32.2. The SMILES string of the molecule is CC[C@H](C)c1ccccc1NS(=O)(=O)c1ccc(NC(C)=O)cc1. The second-order valence-electron chi connectivity index (χ2n) is 5.71. The number of anilines is 2. The smallest absolute Gasteiger partial charge is 0.261 e. The molecule has 0 aliphatic heterocycles. The number of carbonyl (C=O) groups is 1. The molecule has 0 fully saturated rings. The topological polar surface area (TPSA) is 75.3 Å². The minimum absolute atomic E-state index is 0.149. The van der Waals surface area contributed by atoms with Crippen LogP contribution in [0.15, 0.2) is 53.4 Å². The van der Waals surface area contributed by atoms with Gasteiger partial charge >= 0.3 is 0 Å². The summed E-state index contributed by atoms with van der Waals surface area (Å²) in [5, 5.41) is 2.61. The van der Waals surface area contributed by atoms with Crippen molar-refractivity contribution in [1.82, 2.24) is 0 Å². The summed E-state index contributed by atoms with van der Waals surface area (Å²) in [4.78, 5) is 11.2. The third-order valence-electron chi connectivity index (χ3n) is 3.83. The van der Waals surface area contributed by atoms with Gasteiger partial charge in [0.15, 0.2) is 0 Å². The van der Waals surface area contributed by atoms with E-state index in [4.69, 9.17) is 0 Å². The van der Waals surface area contributed by atoms with E-state index in [0.717, 1.165) is 12.0 Å². The maximum absolute atomic E-state index is 12.6. The zero-order chi connectivity index (χ0) is 17.7. The second-order valence-corrected chi connectivity index (χ2v) is 7.39. The molecule has 0 heterocycles. The maximum Gasteiger partial charge on any atom is 0.261 e. The number of para-hydroxylation sites is 1. The van der Waals surface area contributed by atoms with Crippen LogP contribution in [0.2, 0.25) is 0 Å². The monoisotopic (exact) mass is 346 g/mol. The average molecular weight is 346 g/mol. The van der Waals surface area contributed by atoms with E-state index in [-0.39, 0.29) is 16.7 Å². The van der Waals surface area contributed by atoms with E-state index in [0.29, 0.717) is 11.4 Å². The molecule has 2 rings (SSSR count). The lowest BCUT2D eigenvalue weighted by atomic mass is 9.97. The van der Waals surface area contributed by atoms with E-state index >= 15 is 0 Å². The molecular formula is C18H22N2O3S. The summed E-state index contributed by atoms with van der Waals surface area (Å²) in [6.45, 7) is 5.53. The molecular weight excluding hydrogens is 324 g/mol. The molecule has 6 heteroatoms. The Hall–Kier alpha value is -2.34. The molecule has 0 saturated heterocycles. The zero-order valence-corrected chi connectivity index (χ0v) is 14.9. The molecule has 2 N–H and O–H groups in total. The third-order valence-corrected chi connectivity index (χ3v) is 5.21. The van der Waals surface area contributed by atoms with Crippen LogP contribution in [0.5, 0.6) is 0 Å². The van der Waals surface area contributed by atoms with Gasteiger partial charge in [0.1, 0.15) is 0 Å². The highest BCUT2D eigenvalue weighted by Crippen LogP contribution is 2.28. The Balaban J connectivity index is 2.27. The van der Waals surface area contributed by atoms with Gasteiger partial charge in [-0.2, -0.15) is 0 Å². The lowest BCUT2D eigenvalue weighted by Gasteiger charge is -2.16. The van der Waals surface area contributed by atoms with E-state index < -0.39 is 10.0 Å². The van der Waals surface area contributed by atoms with E-state index in [1.165, 1.54) is 19.1 Å². The summed E-state index contributed by atoms with van der Waals surface area (Å²) >= 11 is 0. The van der Waals surface area contributed by atoms with Crippen LogP contribution in [0.1, 0.15) is 38.7 Å². The van der Waals surface area contributed by atoms with Crippen molar-refractivity contribution in [2.45, 2.75) is 38.0 Å². The number of hydrogen-bond acceptors (Lipinski definition) is 3. The van der Waals surface area contributed by atoms with Crippen LogP contribution < -0.4 is 10.0 Å². The van der Waals surface area contributed by atoms with Gasteiger partial charge < -0.3 is 5.32 Å². The highest BCUT2D eigenvalue weighted by Gasteiger charge is 2.17. The molecule has 24 heavy (non-hydrogen) atoms. The van der Waals surface area contributed by atoms with E-state index in [1.54, 1.807) is 18.2 Å². The molecule has 1 amide bonds. The third kappa shape index (κ3) is 4.35. The van der Waals surface area contributed by atoms with Crippen molar-refractivity contribution >= 4 is 27.3 Å². The van der Waals surface area contributed by atoms with Gasteiger partial charge in [-0.3, -0.25) is 9.52 Å². The van der Waals surface area contributed by atoms with E-state index in [1.807, 2.05) is 18.2 Å². The number of hydrogen-bond donors (Lipinski definition) is 2. The van der Waals surface area contributed by atoms with Crippen LogP contribution in [0.3, 0.4) is 0 Å². The first-order valence-corrected chi connectivity index (χ1v) is 9.31. The van der Waals surface area contributed by atoms with Gasteiger partial charge in [-0.1, -0.05) is 32.0 Å². The largest absolute Gasteiger partial charge is 0.326 e. The predicted molar refractivity (Wildman–Crippen MR) is 96.7 cm³/mol. The molecule has 0 radical (unpaired) electrons. The number of carbonyl (C=O) groups excluding carboxylic acids is 1. The Labute approximate surface area is 143 Å². The normalized spacial score (nSPS) is 12.5. The standard InChI is InChI=1S/C18H22N2O3S/c1-4-13(2)17-7-5-6-8-18(17)20-24(22,23)16-11-9-15(10-12-16)19-14(3)21/h5-13,20H,4H2,1-3H3,(H,19,21)/t13-/m0/s1. The molecule has 5 nitrogen and oxygen atoms in total. The second kappa shape index (κ2) is 7.49. The predicted octanol–water partition coefficient (Wildman–Crippen LogP) is 3.96. The summed E-state index contributed by atoms with van der Waals surface area (Å²) in [6, 6.07) is 13.5. The first-order chi connectivity index (χ1) is 11.3. The Bertz CT molecular complexity index is 814. The fourth-order valence-corrected chi connectivity index (χ4v) is 3.45. The molecule has 0 aliphatic rings. The lowest BCUT2D eigenvalue weighted by Crippen LogP contribution is -2.15. The number of nitrogens with one attached hydrogen (secondary N) is 2. The van der Waals surface area contributed by atoms with Crippen LogP contribution in [-0.2, 0) is 14.8 Å². The molecule has 0 aliphatic carbocycles. The van der Waals surface area contributed by atoms with Gasteiger partial charge in [-0.25, -0.2) is 8.42 Å². The Morgan fingerprint density at radius 2 is 1.71 bits per heavy atom. The summed E-state index contributed by atoms with van der Waals surface area (Å²) in [6.07, 6.45) is 0.921. The van der Waals surface area contributed by atoms with Crippen LogP contribution in [-0.4, -0.2) is 14.3 Å². The molecule has 0 bridgehead atoms. The zero-order valence-electron chi connectivity index (χ0n) is 14.0. The molecule has 0 aromatic heterocycles. The minimum atomic E-state index is -3.69. The van der Waals surface area contributed by atoms with Gasteiger partial charge in [0.25, 0.3) is 10.0 Å². The minimum Gasteiger partial charge on any atom is -0.326 e. The quantitative estimate of drug-likeness (QED) is 0.831. The van der Waals surface area contributed by atoms with E-state index in [2.05, 4.69) is 23.9 Å². The first kappa shape index (κ1) is 18.0. The molecule has 2 aromatic rings. The van der Waals surface area contributed by atoms with Crippen LogP contribution >= 0.6 is 0 Å². The molecule has 128 valence electrons. The molecule has 1 atom stereocenters. The van der Waals surface area contributed by atoms with E-state index in [9.17, 15) is 13.2 Å². The Morgan fingerprint density at radius 1 is 1.08 bits per heavy atom. The number of benzene rings is 2. The Kier molecular flexibility index (Phi) is 5.62. The van der Waals surface area contributed by atoms with Crippen molar-refractivity contribution in [1.29, 1.82) is 0 Å². The molecule has 2 aromatic carbocycles. The van der Waals surface area contributed by atoms with Crippen molar-refractivity contribution in [2.75, 3.05) is 10.0 Å². The Morgan fingerprint density at radius 3 is 2.29 bits per heavy atom. The van der Waals surface area contributed by atoms with Crippen molar-refractivity contribution in [3.05, 3.63) is 54.1 Å². The fraction of sp³-hybridized carbons (Fsp3) is 0.278. The summed E-state index contributed by atoms with van der Waals surface area (Å²) in [5.41, 5.74) is 2.12. The summed E-state index contributed by atoms with van der Waals surface area (Å²) in [5.74, 6) is 0.0530. The van der Waals surface area contributed by atoms with Crippen molar-refractivity contribution in [3.8, 4) is 0 Å². The van der Waals surface area contributed by atoms with Crippen molar-refractivity contribution < 1.29 is 13.2 Å². The first-order valence-electron chi connectivity index (χ1n) is 7.83. The van der Waals surface area contributed by atoms with Gasteiger partial charge in [0.2, 0.25) is 5.91 Å². The number of amides is 1. The van der Waals surface area contributed by atoms with Crippen LogP contribution in [0.25, 0.3) is 0 Å². The summed E-state index contributed by atoms with van der Waals surface area (Å²) < 4.78 is 27.9. The van der Waals surface area contributed by atoms with Crippen molar-refractivity contribution in [2.24, 2.45) is 0 Å². The van der Waals surface area contributed by atoms with Gasteiger partial charge in [0, 0.05) is 12.6 Å². The molecule has 0 saturated carbocycles. The van der Waals surface area contributed by atoms with Gasteiger partial charge in [-0.05, 0) is 48.2 Å². The lowest BCUT2D eigenvalue weighted by molar-refractivity contribution is -0.114. The van der Waals surface area contributed by atoms with Crippen LogP contribution in [0.4, 0.5) is 11.4 Å². The summed E-state index contributed by atoms with van der Waals surface area (Å²) in [7, 11) is -3.69. The van der Waals surface area contributed by atoms with Crippen LogP contribution in [0, 0.1) is 0 Å². The molecule has 0 unspecified atom stereocenters. The average Bonchev–Trinajstić information content (AvgIpc) is 2.54. The highest BCUT2D eigenvalue weighted by molar-refractivity contribution is 7.92. The molecule has 0 spiro atoms. The van der Waals surface area contributed by atoms with Gasteiger partial charge in [-0.15, -0.1) is 0 Å². The van der Waals surface area contributed by atoms with Gasteiger partial charge in [0.05, 0.1) is 10.6 Å². The maximum atomic E-state index is 12.6.